The number of carbonyl (C=O) groups excluding carboxylic acids is 3. The fraction of sp³-hybridized carbons (Fsp3) is 0.438. The molecule has 0 atom stereocenters. The first-order valence-corrected chi connectivity index (χ1v) is 21.9. The molecular weight excluding hydrogens is 812 g/mol. The summed E-state index contributed by atoms with van der Waals surface area (Å²) >= 11 is 1.49. The van der Waals surface area contributed by atoms with Gasteiger partial charge in [0.2, 0.25) is 5.91 Å². The smallest absolute Gasteiger partial charge is 0.335 e. The Morgan fingerprint density at radius 1 is 0.770 bits per heavy atom. The summed E-state index contributed by atoms with van der Waals surface area (Å²) in [6, 6.07) is 22.6. The predicted octanol–water partition coefficient (Wildman–Crippen LogP) is 9.77. The van der Waals surface area contributed by atoms with Crippen LogP contribution >= 0.6 is 23.7 Å². The molecule has 0 aliphatic heterocycles. The molecule has 0 radical (unpaired) electrons. The van der Waals surface area contributed by atoms with Crippen molar-refractivity contribution in [1.29, 1.82) is 0 Å². The van der Waals surface area contributed by atoms with Crippen LogP contribution in [0.1, 0.15) is 131 Å². The van der Waals surface area contributed by atoms with Crippen LogP contribution in [0.5, 0.6) is 0 Å². The minimum atomic E-state index is -0.943. The number of carboxylic acids is 2. The highest BCUT2D eigenvalue weighted by atomic mass is 35.5. The predicted molar refractivity (Wildman–Crippen MR) is 245 cm³/mol. The van der Waals surface area contributed by atoms with Crippen LogP contribution < -0.4 is 10.6 Å². The number of rotatable bonds is 21. The van der Waals surface area contributed by atoms with Gasteiger partial charge in [0.25, 0.3) is 11.8 Å². The third-order valence-electron chi connectivity index (χ3n) is 11.4. The molecule has 1 aliphatic carbocycles. The second kappa shape index (κ2) is 22.7. The maximum Gasteiger partial charge on any atom is 0.335 e. The highest BCUT2D eigenvalue weighted by Crippen LogP contribution is 2.39. The van der Waals surface area contributed by atoms with E-state index in [4.69, 9.17) is 5.11 Å². The van der Waals surface area contributed by atoms with Crippen molar-refractivity contribution < 1.29 is 34.2 Å². The van der Waals surface area contributed by atoms with E-state index in [2.05, 4.69) is 29.4 Å². The van der Waals surface area contributed by atoms with Crippen molar-refractivity contribution in [1.82, 2.24) is 9.80 Å². The van der Waals surface area contributed by atoms with Crippen LogP contribution in [0, 0.1) is 5.41 Å². The quantitative estimate of drug-likeness (QED) is 0.0645. The molecule has 3 aromatic carbocycles. The van der Waals surface area contributed by atoms with Gasteiger partial charge in [-0.25, -0.2) is 4.79 Å². The summed E-state index contributed by atoms with van der Waals surface area (Å²) in [4.78, 5) is 68.5. The molecule has 328 valence electrons. The lowest BCUT2D eigenvalue weighted by molar-refractivity contribution is -0.140. The highest BCUT2D eigenvalue weighted by molar-refractivity contribution is 7.17. The first-order valence-electron chi connectivity index (χ1n) is 21.1. The molecule has 0 fully saturated rings. The summed E-state index contributed by atoms with van der Waals surface area (Å²) in [6.07, 6.45) is 7.99. The van der Waals surface area contributed by atoms with Gasteiger partial charge < -0.3 is 25.7 Å². The number of anilines is 2. The molecule has 13 heteroatoms. The SMILES string of the molecule is CCC(CC)N(CCCN(C)C(=O)CC(C)(C)CC(=O)O)Cc1cccc(C(=O)Nc2sc3c(c2C(=O)Nc2ccc(CCc4ccc(C(=O)O)cc4)cc2)CCCC3)c1.Cl. The molecule has 3 amide bonds. The van der Waals surface area contributed by atoms with Crippen molar-refractivity contribution in [2.75, 3.05) is 30.8 Å². The number of benzene rings is 3. The number of nitrogens with zero attached hydrogens (tertiary/aromatic N) is 2. The summed E-state index contributed by atoms with van der Waals surface area (Å²) < 4.78 is 0. The summed E-state index contributed by atoms with van der Waals surface area (Å²) in [6.45, 7) is 9.90. The average Bonchev–Trinajstić information content (AvgIpc) is 3.58. The molecule has 0 unspecified atom stereocenters. The number of hydrogen-bond acceptors (Lipinski definition) is 7. The number of carboxylic acid groups (broad SMARTS) is 2. The zero-order valence-electron chi connectivity index (χ0n) is 36.1. The zero-order valence-corrected chi connectivity index (χ0v) is 37.7. The minimum absolute atomic E-state index is 0. The van der Waals surface area contributed by atoms with Crippen molar-refractivity contribution in [2.24, 2.45) is 5.41 Å². The van der Waals surface area contributed by atoms with Crippen LogP contribution in [-0.4, -0.2) is 75.9 Å². The number of aryl methyl sites for hydroxylation is 3. The van der Waals surface area contributed by atoms with Crippen LogP contribution in [0.2, 0.25) is 0 Å². The number of thiophene rings is 1. The summed E-state index contributed by atoms with van der Waals surface area (Å²) in [5.74, 6) is -2.44. The van der Waals surface area contributed by atoms with Gasteiger partial charge >= 0.3 is 11.9 Å². The van der Waals surface area contributed by atoms with Crippen molar-refractivity contribution in [3.63, 3.8) is 0 Å². The number of halogens is 1. The topological polar surface area (TPSA) is 156 Å². The maximum atomic E-state index is 14.0. The van der Waals surface area contributed by atoms with Crippen LogP contribution in [0.4, 0.5) is 10.7 Å². The zero-order chi connectivity index (χ0) is 43.4. The Bertz CT molecular complexity index is 2130. The minimum Gasteiger partial charge on any atom is -0.481 e. The van der Waals surface area contributed by atoms with Gasteiger partial charge in [0.1, 0.15) is 5.00 Å². The molecular formula is C48H61ClN4O7S. The lowest BCUT2D eigenvalue weighted by Crippen LogP contribution is -2.37. The van der Waals surface area contributed by atoms with Gasteiger partial charge in [-0.05, 0) is 122 Å². The van der Waals surface area contributed by atoms with Crippen LogP contribution in [-0.2, 0) is 41.8 Å². The van der Waals surface area contributed by atoms with Gasteiger partial charge in [-0.1, -0.05) is 64.1 Å². The van der Waals surface area contributed by atoms with Crippen LogP contribution in [0.25, 0.3) is 0 Å². The number of aromatic carboxylic acids is 1. The van der Waals surface area contributed by atoms with E-state index >= 15 is 0 Å². The molecule has 1 heterocycles. The largest absolute Gasteiger partial charge is 0.481 e. The Morgan fingerprint density at radius 3 is 2.03 bits per heavy atom. The van der Waals surface area contributed by atoms with Crippen LogP contribution in [0.15, 0.2) is 72.8 Å². The molecule has 11 nitrogen and oxygen atoms in total. The Hall–Kier alpha value is -5.04. The number of amides is 3. The van der Waals surface area contributed by atoms with E-state index in [0.29, 0.717) is 40.9 Å². The van der Waals surface area contributed by atoms with Gasteiger partial charge in [-0.15, -0.1) is 23.7 Å². The van der Waals surface area contributed by atoms with Gasteiger partial charge in [-0.2, -0.15) is 0 Å². The Morgan fingerprint density at radius 2 is 1.41 bits per heavy atom. The first kappa shape index (κ1) is 48.6. The van der Waals surface area contributed by atoms with Gasteiger partial charge in [-0.3, -0.25) is 24.1 Å². The third-order valence-corrected chi connectivity index (χ3v) is 12.6. The fourth-order valence-electron chi connectivity index (χ4n) is 8.01. The second-order valence-corrected chi connectivity index (χ2v) is 17.8. The monoisotopic (exact) mass is 872 g/mol. The second-order valence-electron chi connectivity index (χ2n) is 16.7. The molecule has 61 heavy (non-hydrogen) atoms. The molecule has 1 aromatic heterocycles. The average molecular weight is 874 g/mol. The summed E-state index contributed by atoms with van der Waals surface area (Å²) in [7, 11) is 1.77. The van der Waals surface area contributed by atoms with Gasteiger partial charge in [0.15, 0.2) is 0 Å². The number of aliphatic carboxylic acids is 1. The van der Waals surface area contributed by atoms with Crippen molar-refractivity contribution >= 4 is 64.1 Å². The van der Waals surface area contributed by atoms with E-state index < -0.39 is 17.4 Å². The molecule has 0 saturated heterocycles. The lowest BCUT2D eigenvalue weighted by Gasteiger charge is -2.32. The molecule has 1 aliphatic rings. The summed E-state index contributed by atoms with van der Waals surface area (Å²) in [5.41, 5.74) is 5.50. The van der Waals surface area contributed by atoms with Crippen molar-refractivity contribution in [2.45, 2.75) is 111 Å². The Balaban J connectivity index is 0.00000819. The highest BCUT2D eigenvalue weighted by Gasteiger charge is 2.28. The van der Waals surface area contributed by atoms with Crippen molar-refractivity contribution in [3.8, 4) is 0 Å². The molecule has 0 saturated carbocycles. The normalized spacial score (nSPS) is 12.4. The maximum absolute atomic E-state index is 14.0. The number of carbonyl (C=O) groups is 5. The van der Waals surface area contributed by atoms with Gasteiger partial charge in [0, 0.05) is 55.3 Å². The number of nitrogens with one attached hydrogen (secondary N) is 2. The fourth-order valence-corrected chi connectivity index (χ4v) is 9.30. The number of hydrogen-bond donors (Lipinski definition) is 4. The molecule has 0 spiro atoms. The van der Waals surface area contributed by atoms with E-state index in [9.17, 15) is 29.1 Å². The van der Waals surface area contributed by atoms with E-state index in [1.54, 1.807) is 44.0 Å². The third kappa shape index (κ3) is 14.0. The van der Waals surface area contributed by atoms with Crippen molar-refractivity contribution in [3.05, 3.63) is 117 Å². The Kier molecular flexibility index (Phi) is 18.1. The van der Waals surface area contributed by atoms with Gasteiger partial charge in [0.05, 0.1) is 17.5 Å². The molecule has 0 bridgehead atoms. The molecule has 4 N–H and O–H groups in total. The molecule has 4 aromatic rings. The Labute approximate surface area is 370 Å². The lowest BCUT2D eigenvalue weighted by atomic mass is 9.85. The van der Waals surface area contributed by atoms with E-state index in [0.717, 1.165) is 91.5 Å². The van der Waals surface area contributed by atoms with Crippen LogP contribution in [0.3, 0.4) is 0 Å². The van der Waals surface area contributed by atoms with E-state index in [1.807, 2.05) is 54.6 Å². The van der Waals surface area contributed by atoms with E-state index in [1.165, 1.54) is 11.3 Å². The molecule has 5 rings (SSSR count). The standard InChI is InChI=1S/C48H60N4O7S.ClH/c1-6-38(7-2)52(27-11-26-51(5)41(53)29-48(3,4)30-42(54)55)31-34-12-10-13-36(28-34)44(56)50-46-43(39-14-8-9-15-40(39)60-46)45(57)49-37-24-20-33(21-25-37)17-16-32-18-22-35(23-19-32)47(58)59;/h10,12-13,18-25,28,38H,6-9,11,14-17,26-27,29-31H2,1-5H3,(H,49,57)(H,50,56)(H,54,55)(H,58,59);1H. The first-order chi connectivity index (χ1) is 28.7. The summed E-state index contributed by atoms with van der Waals surface area (Å²) in [5, 5.41) is 25.1. The van der Waals surface area contributed by atoms with E-state index in [-0.39, 0.29) is 48.5 Å². The number of fused-ring (bicyclic) bond motifs is 1.